The van der Waals surface area contributed by atoms with Gasteiger partial charge in [0, 0.05) is 11.5 Å². The number of rotatable bonds is 2. The van der Waals surface area contributed by atoms with Gasteiger partial charge in [-0.2, -0.15) is 0 Å². The Morgan fingerprint density at radius 1 is 1.33 bits per heavy atom. The molecule has 0 amide bonds. The van der Waals surface area contributed by atoms with Crippen LogP contribution in [-0.4, -0.2) is 11.8 Å². The largest absolute Gasteiger partial charge is 0.280 e. The second-order valence-electron chi connectivity index (χ2n) is 5.12. The number of hydrogen-bond donors (Lipinski definition) is 0. The van der Waals surface area contributed by atoms with E-state index in [1.807, 2.05) is 19.1 Å². The number of fused-ring (bicyclic) bond motifs is 1. The van der Waals surface area contributed by atoms with Crippen LogP contribution in [-0.2, 0) is 0 Å². The zero-order valence-corrected chi connectivity index (χ0v) is 11.7. The van der Waals surface area contributed by atoms with Gasteiger partial charge >= 0.3 is 0 Å². The summed E-state index contributed by atoms with van der Waals surface area (Å²) in [5.74, 6) is 0.475. The Hall–Kier alpha value is -1.63. The van der Waals surface area contributed by atoms with Crippen LogP contribution in [0.1, 0.15) is 43.4 Å². The van der Waals surface area contributed by atoms with Gasteiger partial charge in [-0.1, -0.05) is 43.4 Å². The van der Waals surface area contributed by atoms with Crippen molar-refractivity contribution in [2.45, 2.75) is 39.7 Å². The number of aliphatic imine (C=N–C) groups is 1. The van der Waals surface area contributed by atoms with Crippen LogP contribution in [0.15, 0.2) is 47.5 Å². The zero-order valence-electron chi connectivity index (χ0n) is 11.7. The van der Waals surface area contributed by atoms with E-state index in [4.69, 9.17) is 4.99 Å². The highest BCUT2D eigenvalue weighted by Gasteiger charge is 2.25. The maximum absolute atomic E-state index is 4.83. The molecule has 0 bridgehead atoms. The van der Waals surface area contributed by atoms with Crippen molar-refractivity contribution in [2.24, 2.45) is 4.99 Å². The fraction of sp³-hybridized carbons (Fsp3) is 0.353. The highest BCUT2D eigenvalue weighted by Crippen LogP contribution is 2.32. The maximum atomic E-state index is 4.83. The van der Waals surface area contributed by atoms with E-state index in [-0.39, 0.29) is 0 Å². The highest BCUT2D eigenvalue weighted by molar-refractivity contribution is 6.15. The maximum Gasteiger partial charge on any atom is 0.0719 e. The third-order valence-electron chi connectivity index (χ3n) is 3.68. The summed E-state index contributed by atoms with van der Waals surface area (Å²) in [6, 6.07) is 6.97. The summed E-state index contributed by atoms with van der Waals surface area (Å²) >= 11 is 0. The zero-order chi connectivity index (χ0) is 13.3. The lowest BCUT2D eigenvalue weighted by Gasteiger charge is -2.28. The molecule has 1 aromatic rings. The predicted octanol–water partition coefficient (Wildman–Crippen LogP) is 4.42. The number of hydrogen-bond acceptors (Lipinski definition) is 1. The summed E-state index contributed by atoms with van der Waals surface area (Å²) in [7, 11) is 0. The molecule has 1 aromatic carbocycles. The molecule has 0 spiro atoms. The Morgan fingerprint density at radius 2 is 2.06 bits per heavy atom. The molecule has 2 unspecified atom stereocenters. The quantitative estimate of drug-likeness (QED) is 0.677. The van der Waals surface area contributed by atoms with Gasteiger partial charge in [-0.25, -0.2) is 0 Å². The van der Waals surface area contributed by atoms with Crippen LogP contribution in [0.2, 0.25) is 0 Å². The average Bonchev–Trinajstić information content (AvgIpc) is 2.34. The van der Waals surface area contributed by atoms with Gasteiger partial charge < -0.3 is 0 Å². The van der Waals surface area contributed by atoms with Crippen LogP contribution in [0.3, 0.4) is 0 Å². The lowest BCUT2D eigenvalue weighted by molar-refractivity contribution is 0.605. The number of aryl methyl sites for hydroxylation is 1. The standard InChI is InChI=1S/C17H21N/c1-6-7-12(3)17-16-10-11(2)8-9-15(16)13(4)14(5)18-17/h6-10,13-14H,3H2,1-2,4-5H3/b7-6-. The number of allylic oxidation sites excluding steroid dienone is 3. The summed E-state index contributed by atoms with van der Waals surface area (Å²) in [6.07, 6.45) is 4.05. The molecule has 1 heteroatoms. The molecule has 0 saturated carbocycles. The molecule has 0 aliphatic carbocycles. The van der Waals surface area contributed by atoms with E-state index in [0.717, 1.165) is 11.3 Å². The molecule has 0 fully saturated rings. The molecule has 1 aliphatic heterocycles. The predicted molar refractivity (Wildman–Crippen MR) is 79.5 cm³/mol. The monoisotopic (exact) mass is 239 g/mol. The van der Waals surface area contributed by atoms with Crippen molar-refractivity contribution in [1.29, 1.82) is 0 Å². The Kier molecular flexibility index (Phi) is 3.51. The van der Waals surface area contributed by atoms with Crippen molar-refractivity contribution in [3.05, 3.63) is 59.2 Å². The molecule has 2 atom stereocenters. The third-order valence-corrected chi connectivity index (χ3v) is 3.68. The molecule has 94 valence electrons. The van der Waals surface area contributed by atoms with Crippen LogP contribution >= 0.6 is 0 Å². The first kappa shape index (κ1) is 12.8. The van der Waals surface area contributed by atoms with Crippen LogP contribution in [0.5, 0.6) is 0 Å². The van der Waals surface area contributed by atoms with Gasteiger partial charge in [0.15, 0.2) is 0 Å². The van der Waals surface area contributed by atoms with Crippen molar-refractivity contribution < 1.29 is 0 Å². The van der Waals surface area contributed by atoms with Gasteiger partial charge in [0.25, 0.3) is 0 Å². The average molecular weight is 239 g/mol. The van der Waals surface area contributed by atoms with E-state index >= 15 is 0 Å². The Balaban J connectivity index is 2.58. The lowest BCUT2D eigenvalue weighted by atomic mass is 9.83. The van der Waals surface area contributed by atoms with E-state index in [1.54, 1.807) is 0 Å². The highest BCUT2D eigenvalue weighted by atomic mass is 14.8. The van der Waals surface area contributed by atoms with Crippen LogP contribution in [0, 0.1) is 6.92 Å². The molecule has 2 rings (SSSR count). The minimum atomic E-state index is 0.317. The van der Waals surface area contributed by atoms with Crippen molar-refractivity contribution in [1.82, 2.24) is 0 Å². The van der Waals surface area contributed by atoms with Gasteiger partial charge in [0.1, 0.15) is 0 Å². The minimum Gasteiger partial charge on any atom is -0.280 e. The minimum absolute atomic E-state index is 0.317. The van der Waals surface area contributed by atoms with Crippen LogP contribution in [0.4, 0.5) is 0 Å². The number of benzene rings is 1. The van der Waals surface area contributed by atoms with E-state index in [9.17, 15) is 0 Å². The van der Waals surface area contributed by atoms with E-state index in [0.29, 0.717) is 12.0 Å². The molecule has 18 heavy (non-hydrogen) atoms. The van der Waals surface area contributed by atoms with Gasteiger partial charge in [-0.05, 0) is 38.0 Å². The SMILES string of the molecule is C=C(/C=C\C)C1=NC(C)C(C)c2ccc(C)cc21. The second-order valence-corrected chi connectivity index (χ2v) is 5.12. The Morgan fingerprint density at radius 3 is 2.72 bits per heavy atom. The summed E-state index contributed by atoms with van der Waals surface area (Å²) < 4.78 is 0. The molecule has 0 saturated heterocycles. The molecular weight excluding hydrogens is 218 g/mol. The fourth-order valence-corrected chi connectivity index (χ4v) is 2.45. The van der Waals surface area contributed by atoms with E-state index in [1.165, 1.54) is 16.7 Å². The normalized spacial score (nSPS) is 22.8. The Bertz CT molecular complexity index is 535. The van der Waals surface area contributed by atoms with E-state index in [2.05, 4.69) is 45.5 Å². The molecule has 0 aromatic heterocycles. The molecule has 1 aliphatic rings. The number of nitrogens with zero attached hydrogens (tertiary/aromatic N) is 1. The molecule has 0 radical (unpaired) electrons. The smallest absolute Gasteiger partial charge is 0.0719 e. The van der Waals surface area contributed by atoms with Gasteiger partial charge in [0.2, 0.25) is 0 Å². The molecule has 1 heterocycles. The molecule has 1 nitrogen and oxygen atoms in total. The first-order valence-corrected chi connectivity index (χ1v) is 6.55. The summed E-state index contributed by atoms with van der Waals surface area (Å²) in [6.45, 7) is 12.7. The summed E-state index contributed by atoms with van der Waals surface area (Å²) in [5.41, 5.74) is 5.98. The lowest BCUT2D eigenvalue weighted by Crippen LogP contribution is -2.23. The first-order chi connectivity index (χ1) is 8.54. The van der Waals surface area contributed by atoms with E-state index < -0.39 is 0 Å². The van der Waals surface area contributed by atoms with Crippen LogP contribution in [0.25, 0.3) is 0 Å². The molecular formula is C17H21N. The first-order valence-electron chi connectivity index (χ1n) is 6.55. The van der Waals surface area contributed by atoms with Crippen molar-refractivity contribution in [2.75, 3.05) is 0 Å². The topological polar surface area (TPSA) is 12.4 Å². The fourth-order valence-electron chi connectivity index (χ4n) is 2.45. The third kappa shape index (κ3) is 2.17. The van der Waals surface area contributed by atoms with Crippen molar-refractivity contribution >= 4 is 5.71 Å². The molecule has 0 N–H and O–H groups in total. The summed E-state index contributed by atoms with van der Waals surface area (Å²) in [4.78, 5) is 4.83. The second kappa shape index (κ2) is 4.93. The van der Waals surface area contributed by atoms with Crippen molar-refractivity contribution in [3.63, 3.8) is 0 Å². The van der Waals surface area contributed by atoms with Gasteiger partial charge in [-0.15, -0.1) is 0 Å². The van der Waals surface area contributed by atoms with Crippen LogP contribution < -0.4 is 0 Å². The van der Waals surface area contributed by atoms with Gasteiger partial charge in [0.05, 0.1) is 11.8 Å². The van der Waals surface area contributed by atoms with Gasteiger partial charge in [-0.3, -0.25) is 4.99 Å². The van der Waals surface area contributed by atoms with Crippen molar-refractivity contribution in [3.8, 4) is 0 Å². The Labute approximate surface area is 110 Å². The summed E-state index contributed by atoms with van der Waals surface area (Å²) in [5, 5.41) is 0.